The normalized spacial score (nSPS) is 17.0. The summed E-state index contributed by atoms with van der Waals surface area (Å²) < 4.78 is 27.0. The smallest absolute Gasteiger partial charge is 0.243 e. The van der Waals surface area contributed by atoms with Crippen molar-refractivity contribution >= 4 is 27.3 Å². The Bertz CT molecular complexity index is 801. The standard InChI is InChI=1S/C18H21ClN2O2S/c19-17-7-6-16(13-18(17)20)24(22,23)21-10-8-15(9-11-21)12-14-4-2-1-3-5-14/h1-7,13,15H,8-12,20H2. The first kappa shape index (κ1) is 17.3. The number of hydrogen-bond acceptors (Lipinski definition) is 3. The highest BCUT2D eigenvalue weighted by molar-refractivity contribution is 7.89. The number of halogens is 1. The van der Waals surface area contributed by atoms with Gasteiger partial charge in [0, 0.05) is 13.1 Å². The second-order valence-corrected chi connectivity index (χ2v) is 8.57. The summed E-state index contributed by atoms with van der Waals surface area (Å²) >= 11 is 5.88. The molecule has 4 nitrogen and oxygen atoms in total. The van der Waals surface area contributed by atoms with Crippen molar-refractivity contribution in [2.24, 2.45) is 5.92 Å². The van der Waals surface area contributed by atoms with Gasteiger partial charge in [0.05, 0.1) is 15.6 Å². The molecule has 3 rings (SSSR count). The fourth-order valence-corrected chi connectivity index (χ4v) is 4.76. The molecule has 2 aromatic rings. The maximum Gasteiger partial charge on any atom is 0.243 e. The van der Waals surface area contributed by atoms with Crippen LogP contribution in [0, 0.1) is 5.92 Å². The molecule has 1 aliphatic heterocycles. The van der Waals surface area contributed by atoms with Gasteiger partial charge in [0.15, 0.2) is 0 Å². The molecule has 1 saturated heterocycles. The van der Waals surface area contributed by atoms with Gasteiger partial charge in [-0.2, -0.15) is 4.31 Å². The zero-order valence-corrected chi connectivity index (χ0v) is 14.9. The van der Waals surface area contributed by atoms with Gasteiger partial charge in [0.2, 0.25) is 10.0 Å². The van der Waals surface area contributed by atoms with Crippen LogP contribution in [-0.4, -0.2) is 25.8 Å². The third-order valence-electron chi connectivity index (χ3n) is 4.55. The van der Waals surface area contributed by atoms with E-state index in [1.165, 1.54) is 23.8 Å². The van der Waals surface area contributed by atoms with Crippen LogP contribution in [0.2, 0.25) is 5.02 Å². The average molecular weight is 365 g/mol. The molecule has 128 valence electrons. The summed E-state index contributed by atoms with van der Waals surface area (Å²) in [5.74, 6) is 0.522. The summed E-state index contributed by atoms with van der Waals surface area (Å²) in [5.41, 5.74) is 7.34. The molecule has 0 atom stereocenters. The third kappa shape index (κ3) is 3.74. The van der Waals surface area contributed by atoms with Crippen LogP contribution >= 0.6 is 11.6 Å². The van der Waals surface area contributed by atoms with Gasteiger partial charge in [0.25, 0.3) is 0 Å². The lowest BCUT2D eigenvalue weighted by atomic mass is 9.91. The maximum absolute atomic E-state index is 12.7. The molecule has 0 unspecified atom stereocenters. The average Bonchev–Trinajstić information content (AvgIpc) is 2.58. The number of sulfonamides is 1. The molecule has 1 heterocycles. The van der Waals surface area contributed by atoms with Crippen LogP contribution in [0.1, 0.15) is 18.4 Å². The number of nitrogens with zero attached hydrogens (tertiary/aromatic N) is 1. The lowest BCUT2D eigenvalue weighted by Crippen LogP contribution is -2.38. The van der Waals surface area contributed by atoms with E-state index in [0.29, 0.717) is 24.0 Å². The van der Waals surface area contributed by atoms with E-state index in [1.807, 2.05) is 18.2 Å². The van der Waals surface area contributed by atoms with Gasteiger partial charge in [0.1, 0.15) is 0 Å². The topological polar surface area (TPSA) is 63.4 Å². The van der Waals surface area contributed by atoms with Crippen molar-refractivity contribution in [3.8, 4) is 0 Å². The van der Waals surface area contributed by atoms with Gasteiger partial charge in [-0.3, -0.25) is 0 Å². The molecule has 0 spiro atoms. The lowest BCUT2D eigenvalue weighted by molar-refractivity contribution is 0.273. The number of benzene rings is 2. The van der Waals surface area contributed by atoms with Crippen molar-refractivity contribution in [2.75, 3.05) is 18.8 Å². The molecule has 2 N–H and O–H groups in total. The Labute approximate surface area is 148 Å². The highest BCUT2D eigenvalue weighted by Crippen LogP contribution is 2.28. The number of rotatable bonds is 4. The van der Waals surface area contributed by atoms with E-state index < -0.39 is 10.0 Å². The van der Waals surface area contributed by atoms with Gasteiger partial charge >= 0.3 is 0 Å². The number of piperidine rings is 1. The Balaban J connectivity index is 1.66. The van der Waals surface area contributed by atoms with Crippen molar-refractivity contribution in [3.63, 3.8) is 0 Å². The minimum absolute atomic E-state index is 0.214. The predicted molar refractivity (Wildman–Crippen MR) is 97.5 cm³/mol. The Kier molecular flexibility index (Phi) is 5.13. The summed E-state index contributed by atoms with van der Waals surface area (Å²) in [6.45, 7) is 1.09. The van der Waals surface area contributed by atoms with Crippen molar-refractivity contribution in [1.29, 1.82) is 0 Å². The molecule has 6 heteroatoms. The fourth-order valence-electron chi connectivity index (χ4n) is 3.13. The Morgan fingerprint density at radius 2 is 1.75 bits per heavy atom. The van der Waals surface area contributed by atoms with Gasteiger partial charge in [-0.15, -0.1) is 0 Å². The molecule has 0 amide bonds. The van der Waals surface area contributed by atoms with E-state index in [4.69, 9.17) is 17.3 Å². The minimum Gasteiger partial charge on any atom is -0.397 e. The molecule has 24 heavy (non-hydrogen) atoms. The zero-order chi connectivity index (χ0) is 17.2. The Hall–Kier alpha value is -1.56. The Morgan fingerprint density at radius 3 is 2.38 bits per heavy atom. The highest BCUT2D eigenvalue weighted by Gasteiger charge is 2.29. The van der Waals surface area contributed by atoms with E-state index in [-0.39, 0.29) is 10.6 Å². The highest BCUT2D eigenvalue weighted by atomic mass is 35.5. The quantitative estimate of drug-likeness (QED) is 0.843. The maximum atomic E-state index is 12.7. The van der Waals surface area contributed by atoms with Gasteiger partial charge in [-0.05, 0) is 48.9 Å². The van der Waals surface area contributed by atoms with E-state index in [1.54, 1.807) is 4.31 Å². The molecule has 2 aromatic carbocycles. The van der Waals surface area contributed by atoms with Gasteiger partial charge in [-0.25, -0.2) is 8.42 Å². The van der Waals surface area contributed by atoms with Gasteiger partial charge in [-0.1, -0.05) is 41.9 Å². The molecular weight excluding hydrogens is 344 g/mol. The monoisotopic (exact) mass is 364 g/mol. The largest absolute Gasteiger partial charge is 0.397 e. The number of nitrogens with two attached hydrogens (primary N) is 1. The zero-order valence-electron chi connectivity index (χ0n) is 13.4. The first-order chi connectivity index (χ1) is 11.5. The van der Waals surface area contributed by atoms with Crippen LogP contribution in [0.25, 0.3) is 0 Å². The molecule has 1 aliphatic rings. The van der Waals surface area contributed by atoms with Crippen molar-refractivity contribution in [2.45, 2.75) is 24.2 Å². The summed E-state index contributed by atoms with van der Waals surface area (Å²) in [6.07, 6.45) is 2.75. The fraction of sp³-hybridized carbons (Fsp3) is 0.333. The summed E-state index contributed by atoms with van der Waals surface area (Å²) in [6, 6.07) is 14.8. The van der Waals surface area contributed by atoms with Crippen LogP contribution in [-0.2, 0) is 16.4 Å². The predicted octanol–water partition coefficient (Wildman–Crippen LogP) is 3.57. The van der Waals surface area contributed by atoms with Gasteiger partial charge < -0.3 is 5.73 Å². The summed E-state index contributed by atoms with van der Waals surface area (Å²) in [5, 5.41) is 0.371. The lowest BCUT2D eigenvalue weighted by Gasteiger charge is -2.31. The second kappa shape index (κ2) is 7.13. The van der Waals surface area contributed by atoms with E-state index in [9.17, 15) is 8.42 Å². The molecule has 0 radical (unpaired) electrons. The Morgan fingerprint density at radius 1 is 1.08 bits per heavy atom. The molecule has 0 bridgehead atoms. The minimum atomic E-state index is -3.50. The van der Waals surface area contributed by atoms with Crippen molar-refractivity contribution in [1.82, 2.24) is 4.31 Å². The second-order valence-electron chi connectivity index (χ2n) is 6.22. The van der Waals surface area contributed by atoms with Crippen LogP contribution < -0.4 is 5.73 Å². The van der Waals surface area contributed by atoms with Crippen LogP contribution in [0.15, 0.2) is 53.4 Å². The first-order valence-corrected chi connectivity index (χ1v) is 9.88. The van der Waals surface area contributed by atoms with Crippen LogP contribution in [0.3, 0.4) is 0 Å². The number of anilines is 1. The van der Waals surface area contributed by atoms with E-state index in [2.05, 4.69) is 12.1 Å². The number of hydrogen-bond donors (Lipinski definition) is 1. The molecule has 0 saturated carbocycles. The van der Waals surface area contributed by atoms with E-state index in [0.717, 1.165) is 19.3 Å². The molecule has 0 aliphatic carbocycles. The summed E-state index contributed by atoms with van der Waals surface area (Å²) in [7, 11) is -3.50. The summed E-state index contributed by atoms with van der Waals surface area (Å²) in [4.78, 5) is 0.214. The molecule has 0 aromatic heterocycles. The molecular formula is C18H21ClN2O2S. The number of nitrogen functional groups attached to an aromatic ring is 1. The molecule has 1 fully saturated rings. The SMILES string of the molecule is Nc1cc(S(=O)(=O)N2CCC(Cc3ccccc3)CC2)ccc1Cl. The van der Waals surface area contributed by atoms with Crippen molar-refractivity contribution < 1.29 is 8.42 Å². The first-order valence-electron chi connectivity index (χ1n) is 8.06. The van der Waals surface area contributed by atoms with E-state index >= 15 is 0 Å². The third-order valence-corrected chi connectivity index (χ3v) is 6.78. The van der Waals surface area contributed by atoms with Crippen LogP contribution in [0.5, 0.6) is 0 Å². The van der Waals surface area contributed by atoms with Crippen LogP contribution in [0.4, 0.5) is 5.69 Å². The van der Waals surface area contributed by atoms with Crippen molar-refractivity contribution in [3.05, 3.63) is 59.1 Å².